The van der Waals surface area contributed by atoms with Gasteiger partial charge >= 0.3 is 0 Å². The monoisotopic (exact) mass is 369 g/mol. The van der Waals surface area contributed by atoms with Gasteiger partial charge in [0.05, 0.1) is 30.1 Å². The highest BCUT2D eigenvalue weighted by Gasteiger charge is 2.78. The van der Waals surface area contributed by atoms with E-state index in [9.17, 15) is 9.90 Å². The normalized spacial score (nSPS) is 45.8. The summed E-state index contributed by atoms with van der Waals surface area (Å²) in [4.78, 5) is 14.9. The van der Waals surface area contributed by atoms with Crippen LogP contribution in [0.15, 0.2) is 18.2 Å². The van der Waals surface area contributed by atoms with Gasteiger partial charge in [-0.05, 0) is 25.1 Å². The van der Waals surface area contributed by atoms with Gasteiger partial charge in [-0.15, -0.1) is 0 Å². The maximum absolute atomic E-state index is 13.2. The van der Waals surface area contributed by atoms with Gasteiger partial charge in [-0.2, -0.15) is 0 Å². The Morgan fingerprint density at radius 2 is 2.00 bits per heavy atom. The molecule has 0 unspecified atom stereocenters. The molecule has 2 bridgehead atoms. The molecule has 128 valence electrons. The summed E-state index contributed by atoms with van der Waals surface area (Å²) < 4.78 is 12.2. The Hall–Kier alpha value is -0.850. The number of carbonyl (C=O) groups is 1. The van der Waals surface area contributed by atoms with Crippen LogP contribution in [-0.2, 0) is 14.3 Å². The average molecular weight is 370 g/mol. The molecule has 1 aromatic carbocycles. The quantitative estimate of drug-likeness (QED) is 0.826. The van der Waals surface area contributed by atoms with Crippen LogP contribution in [0.2, 0.25) is 10.0 Å². The number of aliphatic hydroxyl groups is 1. The molecule has 4 fully saturated rings. The summed E-state index contributed by atoms with van der Waals surface area (Å²) in [6, 6.07) is 5.08. The van der Waals surface area contributed by atoms with Crippen molar-refractivity contribution in [1.29, 1.82) is 0 Å². The third kappa shape index (κ3) is 1.70. The molecule has 24 heavy (non-hydrogen) atoms. The Labute approximate surface area is 149 Å². The fraction of sp³-hybridized carbons (Fsp3) is 0.588. The molecule has 1 aromatic rings. The summed E-state index contributed by atoms with van der Waals surface area (Å²) in [7, 11) is 0. The summed E-state index contributed by atoms with van der Waals surface area (Å²) in [5.41, 5.74) is -0.703. The molecule has 1 N–H and O–H groups in total. The van der Waals surface area contributed by atoms with E-state index in [2.05, 4.69) is 0 Å². The molecule has 5 nitrogen and oxygen atoms in total. The number of carbonyl (C=O) groups excluding carboxylic acids is 1. The molecule has 4 saturated heterocycles. The molecule has 1 amide bonds. The van der Waals surface area contributed by atoms with Crippen molar-refractivity contribution in [2.75, 3.05) is 11.5 Å². The predicted octanol–water partition coefficient (Wildman–Crippen LogP) is 2.61. The van der Waals surface area contributed by atoms with E-state index in [4.69, 9.17) is 32.7 Å². The SMILES string of the molecule is C[C@@]12C[C@H](O)[C@]3(CCO[C@H]4[C@@H]3[C@@H]1C(=O)N4c1cc(Cl)cc(Cl)c1)O2. The smallest absolute Gasteiger partial charge is 0.235 e. The van der Waals surface area contributed by atoms with Crippen molar-refractivity contribution >= 4 is 34.8 Å². The molecule has 0 radical (unpaired) electrons. The third-order valence-electron chi connectivity index (χ3n) is 6.14. The largest absolute Gasteiger partial charge is 0.390 e. The molecule has 4 heterocycles. The standard InChI is InChI=1S/C17H17Cl2NO4/c1-16-7-11(21)17(24-16)2-3-23-15-13(17)12(16)14(22)20(15)10-5-8(18)4-9(19)6-10/h4-6,11-13,15,21H,2-3,7H2,1H3/t11-,12+,13-,15-,16+,17-/m0/s1. The van der Waals surface area contributed by atoms with Gasteiger partial charge in [0.2, 0.25) is 5.91 Å². The highest BCUT2D eigenvalue weighted by molar-refractivity contribution is 6.35. The first-order valence-electron chi connectivity index (χ1n) is 8.15. The summed E-state index contributed by atoms with van der Waals surface area (Å²) in [5, 5.41) is 11.6. The molecule has 0 aromatic heterocycles. The third-order valence-corrected chi connectivity index (χ3v) is 6.58. The van der Waals surface area contributed by atoms with Gasteiger partial charge < -0.3 is 14.6 Å². The van der Waals surface area contributed by atoms with E-state index < -0.39 is 23.5 Å². The topological polar surface area (TPSA) is 59.0 Å². The Kier molecular flexibility index (Phi) is 2.99. The Balaban J connectivity index is 1.65. The molecule has 7 heteroatoms. The van der Waals surface area contributed by atoms with Crippen LogP contribution in [0, 0.1) is 11.8 Å². The van der Waals surface area contributed by atoms with Gasteiger partial charge in [0.15, 0.2) is 0 Å². The zero-order chi connectivity index (χ0) is 16.9. The van der Waals surface area contributed by atoms with Gasteiger partial charge in [-0.3, -0.25) is 9.69 Å². The number of anilines is 1. The van der Waals surface area contributed by atoms with Crippen molar-refractivity contribution in [2.24, 2.45) is 11.8 Å². The first-order chi connectivity index (χ1) is 11.4. The maximum Gasteiger partial charge on any atom is 0.235 e. The lowest BCUT2D eigenvalue weighted by atomic mass is 9.65. The van der Waals surface area contributed by atoms with Crippen molar-refractivity contribution in [3.05, 3.63) is 28.2 Å². The Morgan fingerprint density at radius 3 is 2.71 bits per heavy atom. The van der Waals surface area contributed by atoms with E-state index in [1.807, 2.05) is 6.92 Å². The Bertz CT molecular complexity index is 738. The van der Waals surface area contributed by atoms with Crippen molar-refractivity contribution < 1.29 is 19.4 Å². The first kappa shape index (κ1) is 15.4. The van der Waals surface area contributed by atoms with Crippen LogP contribution in [0.1, 0.15) is 19.8 Å². The molecule has 0 saturated carbocycles. The summed E-state index contributed by atoms with van der Waals surface area (Å²) in [5.74, 6) is -0.532. The summed E-state index contributed by atoms with van der Waals surface area (Å²) >= 11 is 12.2. The van der Waals surface area contributed by atoms with Crippen LogP contribution >= 0.6 is 23.2 Å². The number of hydrogen-bond donors (Lipinski definition) is 1. The molecule has 0 aliphatic carbocycles. The van der Waals surface area contributed by atoms with E-state index in [1.165, 1.54) is 0 Å². The molecule has 4 aliphatic rings. The summed E-state index contributed by atoms with van der Waals surface area (Å²) in [6.07, 6.45) is 0.0729. The molecule has 4 aliphatic heterocycles. The van der Waals surface area contributed by atoms with Crippen LogP contribution in [0.25, 0.3) is 0 Å². The minimum Gasteiger partial charge on any atom is -0.390 e. The van der Waals surface area contributed by atoms with Gasteiger partial charge in [0.1, 0.15) is 11.8 Å². The number of rotatable bonds is 1. The lowest BCUT2D eigenvalue weighted by Gasteiger charge is -2.43. The number of fused-ring (bicyclic) bond motifs is 2. The molecule has 1 spiro atoms. The van der Waals surface area contributed by atoms with Gasteiger partial charge in [-0.1, -0.05) is 23.2 Å². The van der Waals surface area contributed by atoms with Crippen LogP contribution in [-0.4, -0.2) is 41.2 Å². The highest BCUT2D eigenvalue weighted by atomic mass is 35.5. The number of ether oxygens (including phenoxy) is 2. The van der Waals surface area contributed by atoms with E-state index in [1.54, 1.807) is 23.1 Å². The average Bonchev–Trinajstić information content (AvgIpc) is 3.02. The van der Waals surface area contributed by atoms with E-state index in [0.717, 1.165) is 0 Å². The molecule has 5 rings (SSSR count). The lowest BCUT2D eigenvalue weighted by molar-refractivity contribution is -0.163. The Morgan fingerprint density at radius 1 is 1.29 bits per heavy atom. The zero-order valence-corrected chi connectivity index (χ0v) is 14.5. The minimum absolute atomic E-state index is 0.0403. The van der Waals surface area contributed by atoms with Crippen LogP contribution < -0.4 is 4.90 Å². The van der Waals surface area contributed by atoms with Crippen LogP contribution in [0.4, 0.5) is 5.69 Å². The second kappa shape index (κ2) is 4.65. The second-order valence-electron chi connectivity index (χ2n) is 7.44. The highest BCUT2D eigenvalue weighted by Crippen LogP contribution is 2.65. The van der Waals surface area contributed by atoms with Crippen LogP contribution in [0.3, 0.4) is 0 Å². The van der Waals surface area contributed by atoms with Crippen LogP contribution in [0.5, 0.6) is 0 Å². The van der Waals surface area contributed by atoms with Crippen molar-refractivity contribution in [2.45, 2.75) is 43.3 Å². The number of nitrogens with zero attached hydrogens (tertiary/aromatic N) is 1. The van der Waals surface area contributed by atoms with Crippen molar-refractivity contribution in [1.82, 2.24) is 0 Å². The fourth-order valence-corrected chi connectivity index (χ4v) is 5.87. The van der Waals surface area contributed by atoms with Gasteiger partial charge in [0, 0.05) is 28.6 Å². The lowest BCUT2D eigenvalue weighted by Crippen LogP contribution is -2.56. The summed E-state index contributed by atoms with van der Waals surface area (Å²) in [6.45, 7) is 2.37. The van der Waals surface area contributed by atoms with Crippen molar-refractivity contribution in [3.8, 4) is 0 Å². The van der Waals surface area contributed by atoms with E-state index in [0.29, 0.717) is 35.2 Å². The van der Waals surface area contributed by atoms with Gasteiger partial charge in [-0.25, -0.2) is 0 Å². The molecule has 6 atom stereocenters. The molecular weight excluding hydrogens is 353 g/mol. The van der Waals surface area contributed by atoms with E-state index in [-0.39, 0.29) is 17.7 Å². The minimum atomic E-state index is -0.685. The number of amides is 1. The molecular formula is C17H17Cl2NO4. The number of hydrogen-bond acceptors (Lipinski definition) is 4. The fourth-order valence-electron chi connectivity index (χ4n) is 5.35. The number of halogens is 2. The zero-order valence-electron chi connectivity index (χ0n) is 13.0. The van der Waals surface area contributed by atoms with Gasteiger partial charge in [0.25, 0.3) is 0 Å². The number of benzene rings is 1. The maximum atomic E-state index is 13.2. The van der Waals surface area contributed by atoms with E-state index >= 15 is 0 Å². The second-order valence-corrected chi connectivity index (χ2v) is 8.31. The predicted molar refractivity (Wildman–Crippen MR) is 88.1 cm³/mol. The first-order valence-corrected chi connectivity index (χ1v) is 8.90. The van der Waals surface area contributed by atoms with Crippen molar-refractivity contribution in [3.63, 3.8) is 0 Å². The number of aliphatic hydroxyl groups excluding tert-OH is 1.